The molecule has 0 spiro atoms. The van der Waals surface area contributed by atoms with Crippen molar-refractivity contribution in [2.24, 2.45) is 7.05 Å². The Kier molecular flexibility index (Phi) is 4.27. The molecule has 0 atom stereocenters. The van der Waals surface area contributed by atoms with Crippen molar-refractivity contribution in [1.29, 1.82) is 0 Å². The van der Waals surface area contributed by atoms with E-state index < -0.39 is 25.9 Å². The van der Waals surface area contributed by atoms with Gasteiger partial charge in [-0.1, -0.05) is 6.92 Å². The summed E-state index contributed by atoms with van der Waals surface area (Å²) in [6.07, 6.45) is 2.57. The first-order chi connectivity index (χ1) is 11.6. The van der Waals surface area contributed by atoms with Crippen molar-refractivity contribution in [1.82, 2.24) is 14.7 Å². The molecular weight excluding hydrogens is 342 g/mol. The molecule has 1 N–H and O–H groups in total. The van der Waals surface area contributed by atoms with Gasteiger partial charge < -0.3 is 10.0 Å². The summed E-state index contributed by atoms with van der Waals surface area (Å²) in [5.74, 6) is -0.140. The summed E-state index contributed by atoms with van der Waals surface area (Å²) >= 11 is 0. The molecule has 25 heavy (non-hydrogen) atoms. The highest BCUT2D eigenvalue weighted by Gasteiger charge is 2.60. The van der Waals surface area contributed by atoms with E-state index in [-0.39, 0.29) is 12.5 Å². The lowest BCUT2D eigenvalue weighted by atomic mass is 10.0. The first-order valence-corrected chi connectivity index (χ1v) is 10.3. The number of rotatable bonds is 6. The van der Waals surface area contributed by atoms with Gasteiger partial charge in [0, 0.05) is 25.7 Å². The number of aryl methyl sites for hydroxylation is 2. The monoisotopic (exact) mass is 369 g/mol. The van der Waals surface area contributed by atoms with E-state index in [0.717, 1.165) is 17.7 Å². The lowest BCUT2D eigenvalue weighted by Gasteiger charge is -2.34. The van der Waals surface area contributed by atoms with Gasteiger partial charge in [-0.05, 0) is 39.5 Å². The smallest absolute Gasteiger partial charge is 0.272 e. The maximum atomic E-state index is 13.0. The van der Waals surface area contributed by atoms with Crippen molar-refractivity contribution in [3.05, 3.63) is 17.0 Å². The third-order valence-corrected chi connectivity index (χ3v) is 8.91. The number of hydrogen-bond acceptors (Lipinski definition) is 5. The van der Waals surface area contributed by atoms with Crippen LogP contribution in [-0.2, 0) is 29.7 Å². The van der Waals surface area contributed by atoms with E-state index in [4.69, 9.17) is 0 Å². The fourth-order valence-corrected chi connectivity index (χ4v) is 6.06. The second-order valence-electron chi connectivity index (χ2n) is 7.83. The molecule has 0 saturated heterocycles. The Morgan fingerprint density at radius 3 is 2.48 bits per heavy atom. The van der Waals surface area contributed by atoms with Crippen LogP contribution in [0.25, 0.3) is 0 Å². The second-order valence-corrected chi connectivity index (χ2v) is 10.8. The molecule has 0 unspecified atom stereocenters. The Hall–Kier alpha value is -1.41. The molecule has 140 valence electrons. The molecule has 2 aliphatic rings. The normalized spacial score (nSPS) is 19.9. The van der Waals surface area contributed by atoms with Crippen molar-refractivity contribution in [3.8, 4) is 0 Å². The van der Waals surface area contributed by atoms with E-state index in [1.807, 2.05) is 6.92 Å². The molecule has 1 fully saturated rings. The highest BCUT2D eigenvalue weighted by molar-refractivity contribution is 7.94. The predicted molar refractivity (Wildman–Crippen MR) is 94.2 cm³/mol. The van der Waals surface area contributed by atoms with Crippen LogP contribution in [-0.4, -0.2) is 63.3 Å². The van der Waals surface area contributed by atoms with E-state index in [1.54, 1.807) is 30.5 Å². The van der Waals surface area contributed by atoms with Crippen molar-refractivity contribution in [2.75, 3.05) is 19.7 Å². The summed E-state index contributed by atoms with van der Waals surface area (Å²) in [5.41, 5.74) is 2.52. The first-order valence-electron chi connectivity index (χ1n) is 8.79. The summed E-state index contributed by atoms with van der Waals surface area (Å²) in [7, 11) is -1.79. The quantitative estimate of drug-likeness (QED) is 0.797. The molecule has 1 aliphatic carbocycles. The van der Waals surface area contributed by atoms with Gasteiger partial charge in [0.05, 0.1) is 21.8 Å². The Morgan fingerprint density at radius 1 is 1.32 bits per heavy atom. The van der Waals surface area contributed by atoms with Gasteiger partial charge in [-0.15, -0.1) is 0 Å². The maximum Gasteiger partial charge on any atom is 0.272 e. The minimum atomic E-state index is -3.55. The number of fused-ring (bicyclic) bond motifs is 1. The summed E-state index contributed by atoms with van der Waals surface area (Å²) in [6.45, 7) is 5.41. The number of sulfone groups is 1. The number of nitrogens with zero attached hydrogens (tertiary/aromatic N) is 3. The molecule has 2 heterocycles. The SMILES string of the molecule is CCc1nn(C)c2c1CCN(CC1(S(=O)(=O)C(C)(C)CO)CC1)C2=O. The van der Waals surface area contributed by atoms with Gasteiger partial charge in [-0.2, -0.15) is 5.10 Å². The van der Waals surface area contributed by atoms with Crippen LogP contribution in [0.15, 0.2) is 0 Å². The summed E-state index contributed by atoms with van der Waals surface area (Å²) in [6, 6.07) is 0. The molecule has 7 nitrogen and oxygen atoms in total. The zero-order valence-electron chi connectivity index (χ0n) is 15.4. The van der Waals surface area contributed by atoms with Crippen LogP contribution in [0.4, 0.5) is 0 Å². The molecular formula is C17H27N3O4S. The molecule has 8 heteroatoms. The average Bonchev–Trinajstić information content (AvgIpc) is 3.28. The minimum Gasteiger partial charge on any atom is -0.395 e. The third kappa shape index (κ3) is 2.61. The number of carbonyl (C=O) groups is 1. The Labute approximate surface area is 148 Å². The first kappa shape index (κ1) is 18.4. The Balaban J connectivity index is 1.88. The topological polar surface area (TPSA) is 92.5 Å². The largest absolute Gasteiger partial charge is 0.395 e. The molecule has 3 rings (SSSR count). The van der Waals surface area contributed by atoms with Crippen LogP contribution in [0.3, 0.4) is 0 Å². The maximum absolute atomic E-state index is 13.0. The molecule has 1 aromatic heterocycles. The molecule has 1 aliphatic heterocycles. The van der Waals surface area contributed by atoms with Gasteiger partial charge in [0.2, 0.25) is 0 Å². The number of carbonyl (C=O) groups excluding carboxylic acids is 1. The van der Waals surface area contributed by atoms with Gasteiger partial charge in [-0.3, -0.25) is 9.48 Å². The lowest BCUT2D eigenvalue weighted by molar-refractivity contribution is 0.0724. The number of aliphatic hydroxyl groups excluding tert-OH is 1. The van der Waals surface area contributed by atoms with Gasteiger partial charge in [-0.25, -0.2) is 8.42 Å². The summed E-state index contributed by atoms with van der Waals surface area (Å²) in [4.78, 5) is 14.6. The van der Waals surface area contributed by atoms with E-state index >= 15 is 0 Å². The fourth-order valence-electron chi connectivity index (χ4n) is 3.76. The zero-order valence-corrected chi connectivity index (χ0v) is 16.2. The number of aromatic nitrogens is 2. The van der Waals surface area contributed by atoms with Gasteiger partial charge in [0.25, 0.3) is 5.91 Å². The zero-order chi connectivity index (χ0) is 18.6. The second kappa shape index (κ2) is 5.81. The third-order valence-electron chi connectivity index (χ3n) is 5.65. The van der Waals surface area contributed by atoms with Crippen molar-refractivity contribution in [2.45, 2.75) is 55.9 Å². The number of aliphatic hydroxyl groups is 1. The standard InChI is InChI=1S/C17H27N3O4S/c1-5-13-12-6-9-20(15(22)14(12)19(4)18-13)10-17(7-8-17)25(23,24)16(2,3)11-21/h21H,5-11H2,1-4H3. The van der Waals surface area contributed by atoms with Crippen LogP contribution in [0, 0.1) is 0 Å². The van der Waals surface area contributed by atoms with Crippen LogP contribution in [0.5, 0.6) is 0 Å². The van der Waals surface area contributed by atoms with Crippen molar-refractivity contribution < 1.29 is 18.3 Å². The fraction of sp³-hybridized carbons (Fsp3) is 0.765. The molecule has 0 radical (unpaired) electrons. The molecule has 0 aromatic carbocycles. The highest BCUT2D eigenvalue weighted by Crippen LogP contribution is 2.49. The van der Waals surface area contributed by atoms with Crippen molar-refractivity contribution in [3.63, 3.8) is 0 Å². The van der Waals surface area contributed by atoms with E-state index in [0.29, 0.717) is 31.5 Å². The molecule has 1 aromatic rings. The average molecular weight is 369 g/mol. The van der Waals surface area contributed by atoms with Crippen molar-refractivity contribution >= 4 is 15.7 Å². The van der Waals surface area contributed by atoms with Crippen LogP contribution < -0.4 is 0 Å². The van der Waals surface area contributed by atoms with Crippen LogP contribution in [0.1, 0.15) is 55.4 Å². The van der Waals surface area contributed by atoms with Gasteiger partial charge >= 0.3 is 0 Å². The van der Waals surface area contributed by atoms with Gasteiger partial charge in [0.15, 0.2) is 9.84 Å². The summed E-state index contributed by atoms with van der Waals surface area (Å²) < 4.78 is 25.5. The molecule has 0 bridgehead atoms. The Morgan fingerprint density at radius 2 is 1.96 bits per heavy atom. The van der Waals surface area contributed by atoms with Crippen LogP contribution in [0.2, 0.25) is 0 Å². The molecule has 1 amide bonds. The predicted octanol–water partition coefficient (Wildman–Crippen LogP) is 0.699. The lowest BCUT2D eigenvalue weighted by Crippen LogP contribution is -2.51. The number of amides is 1. The van der Waals surface area contributed by atoms with Gasteiger partial charge in [0.1, 0.15) is 5.69 Å². The summed E-state index contributed by atoms with van der Waals surface area (Å²) in [5, 5.41) is 13.9. The van der Waals surface area contributed by atoms with E-state index in [2.05, 4.69) is 5.10 Å². The number of hydrogen-bond donors (Lipinski definition) is 1. The molecule has 1 saturated carbocycles. The highest BCUT2D eigenvalue weighted by atomic mass is 32.2. The minimum absolute atomic E-state index is 0.140. The van der Waals surface area contributed by atoms with E-state index in [1.165, 1.54) is 0 Å². The van der Waals surface area contributed by atoms with Crippen LogP contribution >= 0.6 is 0 Å². The Bertz CT molecular complexity index is 806. The van der Waals surface area contributed by atoms with E-state index in [9.17, 15) is 18.3 Å².